The molecule has 184 valence electrons. The Morgan fingerprint density at radius 2 is 2.09 bits per heavy atom. The lowest BCUT2D eigenvalue weighted by atomic mass is 10.1. The molecule has 35 heavy (non-hydrogen) atoms. The van der Waals surface area contributed by atoms with Crippen molar-refractivity contribution in [3.05, 3.63) is 47.7 Å². The summed E-state index contributed by atoms with van der Waals surface area (Å²) in [5, 5.41) is 16.4. The Morgan fingerprint density at radius 1 is 1.23 bits per heavy atom. The van der Waals surface area contributed by atoms with Gasteiger partial charge in [0.1, 0.15) is 19.0 Å². The number of rotatable bonds is 8. The molecule has 10 nitrogen and oxygen atoms in total. The van der Waals surface area contributed by atoms with Crippen molar-refractivity contribution >= 4 is 16.7 Å². The van der Waals surface area contributed by atoms with Gasteiger partial charge in [-0.3, -0.25) is 14.9 Å². The van der Waals surface area contributed by atoms with Crippen molar-refractivity contribution in [2.24, 2.45) is 11.1 Å². The Kier molecular flexibility index (Phi) is 6.87. The highest BCUT2D eigenvalue weighted by molar-refractivity contribution is 5.90. The number of nitrogens with one attached hydrogen (secondary N) is 1. The highest BCUT2D eigenvalue weighted by atomic mass is 19.1. The zero-order valence-corrected chi connectivity index (χ0v) is 19.4. The molecule has 0 aliphatic carbocycles. The van der Waals surface area contributed by atoms with Crippen LogP contribution in [0, 0.1) is 11.7 Å². The van der Waals surface area contributed by atoms with Crippen molar-refractivity contribution in [1.29, 1.82) is 0 Å². The average molecular weight is 483 g/mol. The second-order valence-corrected chi connectivity index (χ2v) is 8.53. The maximum atomic E-state index is 14.6. The van der Waals surface area contributed by atoms with Gasteiger partial charge in [-0.05, 0) is 12.5 Å². The molecule has 1 saturated heterocycles. The predicted molar refractivity (Wildman–Crippen MR) is 126 cm³/mol. The Hall–Kier alpha value is -3.57. The van der Waals surface area contributed by atoms with Crippen molar-refractivity contribution in [2.75, 3.05) is 46.5 Å². The van der Waals surface area contributed by atoms with E-state index >= 15 is 0 Å². The smallest absolute Gasteiger partial charge is 0.213 e. The van der Waals surface area contributed by atoms with E-state index in [1.807, 2.05) is 6.07 Å². The molecule has 5 heterocycles. The minimum absolute atomic E-state index is 0.0365. The number of hydrogen-bond acceptors (Lipinski definition) is 10. The Morgan fingerprint density at radius 3 is 2.91 bits per heavy atom. The highest BCUT2D eigenvalue weighted by Crippen LogP contribution is 2.29. The third-order valence-electron chi connectivity index (χ3n) is 6.27. The van der Waals surface area contributed by atoms with Crippen LogP contribution in [0.3, 0.4) is 0 Å². The lowest BCUT2D eigenvalue weighted by molar-refractivity contribution is 0.170. The van der Waals surface area contributed by atoms with Gasteiger partial charge in [0.2, 0.25) is 5.88 Å². The summed E-state index contributed by atoms with van der Waals surface area (Å²) in [6, 6.07) is 5.36. The fraction of sp³-hybridized carbons (Fsp3) is 0.417. The first-order valence-electron chi connectivity index (χ1n) is 11.5. The van der Waals surface area contributed by atoms with Crippen LogP contribution < -0.4 is 19.5 Å². The number of ether oxygens (including phenoxy) is 3. The molecule has 0 radical (unpaired) electrons. The van der Waals surface area contributed by atoms with E-state index in [-0.39, 0.29) is 5.92 Å². The lowest BCUT2D eigenvalue weighted by Gasteiger charge is -2.18. The number of likely N-dealkylation sites (tertiary alicyclic amines) is 1. The van der Waals surface area contributed by atoms with Crippen molar-refractivity contribution in [1.82, 2.24) is 25.2 Å². The van der Waals surface area contributed by atoms with Crippen molar-refractivity contribution in [3.8, 4) is 17.4 Å². The molecule has 11 heteroatoms. The van der Waals surface area contributed by atoms with Gasteiger partial charge in [0.05, 0.1) is 41.9 Å². The molecular weight excluding hydrogens is 455 g/mol. The maximum Gasteiger partial charge on any atom is 0.213 e. The van der Waals surface area contributed by atoms with Crippen LogP contribution >= 0.6 is 0 Å². The van der Waals surface area contributed by atoms with Crippen LogP contribution in [0.2, 0.25) is 0 Å². The summed E-state index contributed by atoms with van der Waals surface area (Å²) in [6.07, 6.45) is 3.36. The first kappa shape index (κ1) is 23.2. The first-order chi connectivity index (χ1) is 17.1. The number of pyridine rings is 3. The summed E-state index contributed by atoms with van der Waals surface area (Å²) in [5.74, 6) is 1.43. The quantitative estimate of drug-likeness (QED) is 0.368. The third-order valence-corrected chi connectivity index (χ3v) is 6.27. The van der Waals surface area contributed by atoms with Crippen LogP contribution in [0.5, 0.6) is 17.4 Å². The molecule has 0 amide bonds. The van der Waals surface area contributed by atoms with E-state index in [0.717, 1.165) is 5.69 Å². The summed E-state index contributed by atoms with van der Waals surface area (Å²) >= 11 is 0. The molecule has 5 rings (SSSR count). The number of hydrogen-bond donors (Lipinski definition) is 2. The van der Waals surface area contributed by atoms with Crippen molar-refractivity contribution in [3.63, 3.8) is 0 Å². The zero-order valence-electron chi connectivity index (χ0n) is 19.4. The van der Waals surface area contributed by atoms with Gasteiger partial charge in [0, 0.05) is 56.3 Å². The largest absolute Gasteiger partial charge is 0.486 e. The van der Waals surface area contributed by atoms with Gasteiger partial charge in [0.15, 0.2) is 11.5 Å². The van der Waals surface area contributed by atoms with E-state index in [0.29, 0.717) is 92.0 Å². The lowest BCUT2D eigenvalue weighted by Crippen LogP contribution is -2.29. The summed E-state index contributed by atoms with van der Waals surface area (Å²) in [5.41, 5.74) is 3.17. The molecule has 2 N–H and O–H groups in total. The molecule has 1 atom stereocenters. The van der Waals surface area contributed by atoms with E-state index < -0.39 is 5.82 Å². The van der Waals surface area contributed by atoms with E-state index in [4.69, 9.17) is 14.2 Å². The van der Waals surface area contributed by atoms with Gasteiger partial charge in [0.25, 0.3) is 0 Å². The molecule has 0 aromatic carbocycles. The first-order valence-corrected chi connectivity index (χ1v) is 11.5. The number of methoxy groups -OCH3 is 1. The fourth-order valence-corrected chi connectivity index (χ4v) is 4.47. The van der Waals surface area contributed by atoms with Gasteiger partial charge in [-0.25, -0.2) is 9.37 Å². The zero-order chi connectivity index (χ0) is 24.2. The summed E-state index contributed by atoms with van der Waals surface area (Å²) in [6.45, 7) is 4.04. The molecule has 0 saturated carbocycles. The molecule has 3 aromatic heterocycles. The van der Waals surface area contributed by atoms with Crippen LogP contribution in [0.25, 0.3) is 11.0 Å². The van der Waals surface area contributed by atoms with Crippen LogP contribution in [0.4, 0.5) is 4.39 Å². The number of halogens is 1. The normalized spacial score (nSPS) is 18.9. The topological polar surface area (TPSA) is 114 Å². The van der Waals surface area contributed by atoms with E-state index in [2.05, 4.69) is 30.3 Å². The van der Waals surface area contributed by atoms with Gasteiger partial charge in [-0.1, -0.05) is 5.16 Å². The minimum atomic E-state index is -0.390. The fourth-order valence-electron chi connectivity index (χ4n) is 4.47. The summed E-state index contributed by atoms with van der Waals surface area (Å²) < 4.78 is 30.9. The van der Waals surface area contributed by atoms with Gasteiger partial charge >= 0.3 is 0 Å². The second-order valence-electron chi connectivity index (χ2n) is 8.53. The van der Waals surface area contributed by atoms with Crippen LogP contribution in [0.1, 0.15) is 11.3 Å². The van der Waals surface area contributed by atoms with E-state index in [9.17, 15) is 9.60 Å². The monoisotopic (exact) mass is 482 g/mol. The van der Waals surface area contributed by atoms with Gasteiger partial charge in [-0.2, -0.15) is 0 Å². The SMILES string of the molecule is COc1ccc2ncc(F)c(CCN3C/C(=N\O)[C@H](CNCc4cc5c(cn4)OCCO5)C3)c2n1. The molecule has 0 bridgehead atoms. The minimum Gasteiger partial charge on any atom is -0.486 e. The Balaban J connectivity index is 1.18. The number of fused-ring (bicyclic) bond motifs is 2. The third kappa shape index (κ3) is 5.10. The number of nitrogens with zero attached hydrogens (tertiary/aromatic N) is 5. The Labute approximate surface area is 201 Å². The van der Waals surface area contributed by atoms with Crippen LogP contribution in [-0.2, 0) is 13.0 Å². The standard InChI is InChI=1S/C24H27FN6O4/c1-33-23-3-2-19-24(29-23)17(18(25)11-28-19)4-5-31-13-15(20(14-31)30-32)9-26-10-16-8-21-22(12-27-16)35-7-6-34-21/h2-3,8,11-12,15,26,32H,4-7,9-10,13-14H2,1H3/b30-20+/t15-/m1/s1. The van der Waals surface area contributed by atoms with Gasteiger partial charge < -0.3 is 24.7 Å². The molecule has 1 fully saturated rings. The molecule has 3 aromatic rings. The maximum absolute atomic E-state index is 14.6. The molecule has 2 aliphatic heterocycles. The Bertz CT molecular complexity index is 1240. The number of aromatic nitrogens is 3. The molecule has 2 aliphatic rings. The van der Waals surface area contributed by atoms with E-state index in [1.54, 1.807) is 18.3 Å². The average Bonchev–Trinajstić information content (AvgIpc) is 3.29. The van der Waals surface area contributed by atoms with Crippen LogP contribution in [0.15, 0.2) is 35.7 Å². The number of oxime groups is 1. The molecular formula is C24H27FN6O4. The second kappa shape index (κ2) is 10.4. The summed E-state index contributed by atoms with van der Waals surface area (Å²) in [4.78, 5) is 15.1. The van der Waals surface area contributed by atoms with E-state index in [1.165, 1.54) is 13.3 Å². The van der Waals surface area contributed by atoms with Crippen molar-refractivity contribution < 1.29 is 23.8 Å². The molecule has 0 unspecified atom stereocenters. The van der Waals surface area contributed by atoms with Crippen LogP contribution in [-0.4, -0.2) is 77.3 Å². The molecule has 0 spiro atoms. The summed E-state index contributed by atoms with van der Waals surface area (Å²) in [7, 11) is 1.53. The van der Waals surface area contributed by atoms with Crippen molar-refractivity contribution in [2.45, 2.75) is 13.0 Å². The predicted octanol–water partition coefficient (Wildman–Crippen LogP) is 2.04. The van der Waals surface area contributed by atoms with Gasteiger partial charge in [-0.15, -0.1) is 0 Å². The highest BCUT2D eigenvalue weighted by Gasteiger charge is 2.29.